The van der Waals surface area contributed by atoms with Crippen LogP contribution in [0, 0.1) is 17.8 Å². The molecule has 0 radical (unpaired) electrons. The number of esters is 1. The van der Waals surface area contributed by atoms with Crippen LogP contribution < -0.4 is 0 Å². The van der Waals surface area contributed by atoms with Crippen LogP contribution in [-0.4, -0.2) is 28.8 Å². The highest BCUT2D eigenvalue weighted by molar-refractivity contribution is 8.00. The van der Waals surface area contributed by atoms with Crippen LogP contribution in [0.4, 0.5) is 0 Å². The van der Waals surface area contributed by atoms with E-state index in [0.29, 0.717) is 0 Å². The van der Waals surface area contributed by atoms with Crippen LogP contribution in [-0.2, 0) is 14.9 Å². The number of aromatic nitrogens is 2. The molecule has 4 bridgehead atoms. The summed E-state index contributed by atoms with van der Waals surface area (Å²) in [6, 6.07) is 8.17. The quantitative estimate of drug-likeness (QED) is 0.456. The largest absolute Gasteiger partial charge is 0.468 e. The Morgan fingerprint density at radius 2 is 1.77 bits per heavy atom. The van der Waals surface area contributed by atoms with Gasteiger partial charge in [0.05, 0.1) is 18.4 Å². The van der Waals surface area contributed by atoms with Gasteiger partial charge in [0.15, 0.2) is 0 Å². The topological polar surface area (TPSA) is 52.1 Å². The molecule has 4 fully saturated rings. The minimum Gasteiger partial charge on any atom is -0.468 e. The van der Waals surface area contributed by atoms with E-state index in [9.17, 15) is 4.79 Å². The van der Waals surface area contributed by atoms with E-state index in [-0.39, 0.29) is 17.1 Å². The minimum atomic E-state index is -0.214. The third-order valence-corrected chi connectivity index (χ3v) is 7.60. The molecule has 2 aromatic rings. The molecule has 1 heterocycles. The highest BCUT2D eigenvalue weighted by Gasteiger charge is 2.53. The smallest absolute Gasteiger partial charge is 0.316 e. The van der Waals surface area contributed by atoms with Crippen molar-refractivity contribution in [2.75, 3.05) is 12.9 Å². The van der Waals surface area contributed by atoms with E-state index in [2.05, 4.69) is 12.1 Å². The van der Waals surface area contributed by atoms with Gasteiger partial charge in [-0.15, -0.1) is 0 Å². The lowest BCUT2D eigenvalue weighted by Gasteiger charge is -2.56. The van der Waals surface area contributed by atoms with Crippen molar-refractivity contribution < 1.29 is 9.53 Å². The highest BCUT2D eigenvalue weighted by Crippen LogP contribution is 2.60. The maximum Gasteiger partial charge on any atom is 0.316 e. The number of ether oxygens (including phenoxy) is 1. The molecule has 6 rings (SSSR count). The summed E-state index contributed by atoms with van der Waals surface area (Å²) < 4.78 is 4.81. The van der Waals surface area contributed by atoms with Crippen molar-refractivity contribution in [1.29, 1.82) is 0 Å². The lowest BCUT2D eigenvalue weighted by atomic mass is 9.49. The normalized spacial score (nSPS) is 32.1. The van der Waals surface area contributed by atoms with Crippen LogP contribution in [0.15, 0.2) is 29.3 Å². The molecule has 1 aromatic carbocycles. The summed E-state index contributed by atoms with van der Waals surface area (Å²) in [4.78, 5) is 21.7. The number of thioether (sulfide) groups is 1. The first-order valence-corrected chi connectivity index (χ1v) is 10.6. The Hall–Kier alpha value is -1.62. The van der Waals surface area contributed by atoms with Gasteiger partial charge >= 0.3 is 5.97 Å². The first-order valence-electron chi connectivity index (χ1n) is 9.62. The maximum absolute atomic E-state index is 11.6. The zero-order valence-corrected chi connectivity index (χ0v) is 15.9. The van der Waals surface area contributed by atoms with E-state index < -0.39 is 0 Å². The van der Waals surface area contributed by atoms with Crippen molar-refractivity contribution in [3.63, 3.8) is 0 Å². The van der Waals surface area contributed by atoms with Gasteiger partial charge in [0.1, 0.15) is 10.9 Å². The molecule has 1 aromatic heterocycles. The van der Waals surface area contributed by atoms with Crippen molar-refractivity contribution in [1.82, 2.24) is 9.97 Å². The summed E-state index contributed by atoms with van der Waals surface area (Å²) in [5.74, 6) is 3.70. The van der Waals surface area contributed by atoms with Gasteiger partial charge in [-0.25, -0.2) is 9.97 Å². The van der Waals surface area contributed by atoms with Crippen LogP contribution in [0.1, 0.15) is 44.3 Å². The summed E-state index contributed by atoms with van der Waals surface area (Å²) in [5, 5.41) is 1.96. The number of carbonyl (C=O) groups excluding carboxylic acids is 1. The summed E-state index contributed by atoms with van der Waals surface area (Å²) in [6.07, 6.45) is 7.99. The van der Waals surface area contributed by atoms with Gasteiger partial charge in [0, 0.05) is 10.8 Å². The minimum absolute atomic E-state index is 0.166. The molecular weight excluding hydrogens is 344 g/mol. The second kappa shape index (κ2) is 6.22. The van der Waals surface area contributed by atoms with Crippen LogP contribution >= 0.6 is 11.8 Å². The standard InChI is InChI=1S/C21H24N2O2S/c1-25-18(24)12-26-19-16-4-2-3-5-17(16)22-20(23-19)21-9-13-6-14(10-21)8-15(7-13)11-21/h2-5,13-15H,6-12H2,1H3. The summed E-state index contributed by atoms with van der Waals surface area (Å²) in [6.45, 7) is 0. The molecule has 0 spiro atoms. The molecule has 0 unspecified atom stereocenters. The Bertz CT molecular complexity index is 831. The summed E-state index contributed by atoms with van der Waals surface area (Å²) in [5.41, 5.74) is 1.17. The summed E-state index contributed by atoms with van der Waals surface area (Å²) in [7, 11) is 1.43. The molecule has 4 aliphatic rings. The maximum atomic E-state index is 11.6. The van der Waals surface area contributed by atoms with Crippen molar-refractivity contribution in [3.8, 4) is 0 Å². The molecule has 4 aliphatic carbocycles. The fraction of sp³-hybridized carbons (Fsp3) is 0.571. The van der Waals surface area contributed by atoms with Gasteiger partial charge in [0.25, 0.3) is 0 Å². The van der Waals surface area contributed by atoms with E-state index in [1.807, 2.05) is 12.1 Å². The van der Waals surface area contributed by atoms with Crippen LogP contribution in [0.2, 0.25) is 0 Å². The van der Waals surface area contributed by atoms with Crippen LogP contribution in [0.25, 0.3) is 10.9 Å². The van der Waals surface area contributed by atoms with Gasteiger partial charge < -0.3 is 4.74 Å². The number of hydrogen-bond acceptors (Lipinski definition) is 5. The Balaban J connectivity index is 1.57. The predicted octanol–water partition coefficient (Wildman–Crippen LogP) is 4.36. The number of nitrogens with zero attached hydrogens (tertiary/aromatic N) is 2. The van der Waals surface area contributed by atoms with E-state index in [0.717, 1.165) is 39.5 Å². The van der Waals surface area contributed by atoms with Crippen molar-refractivity contribution in [3.05, 3.63) is 30.1 Å². The Kier molecular flexibility index (Phi) is 3.96. The monoisotopic (exact) mass is 368 g/mol. The van der Waals surface area contributed by atoms with Crippen LogP contribution in [0.5, 0.6) is 0 Å². The number of para-hydroxylation sites is 1. The molecule has 136 valence electrons. The van der Waals surface area contributed by atoms with Crippen molar-refractivity contribution >= 4 is 28.6 Å². The number of hydrogen-bond donors (Lipinski definition) is 0. The lowest BCUT2D eigenvalue weighted by Crippen LogP contribution is -2.49. The average molecular weight is 369 g/mol. The number of rotatable bonds is 4. The number of benzene rings is 1. The SMILES string of the molecule is COC(=O)CSc1nc(C23CC4CC(CC(C4)C2)C3)nc2ccccc12. The van der Waals surface area contributed by atoms with E-state index in [4.69, 9.17) is 14.7 Å². The molecular formula is C21H24N2O2S. The zero-order chi connectivity index (χ0) is 17.7. The third-order valence-electron chi connectivity index (χ3n) is 6.64. The van der Waals surface area contributed by atoms with Gasteiger partial charge in [0.2, 0.25) is 0 Å². The van der Waals surface area contributed by atoms with Gasteiger partial charge in [-0.05, 0) is 62.3 Å². The lowest BCUT2D eigenvalue weighted by molar-refractivity contribution is -0.137. The number of carbonyl (C=O) groups is 1. The van der Waals surface area contributed by atoms with Gasteiger partial charge in [-0.2, -0.15) is 0 Å². The fourth-order valence-electron chi connectivity index (χ4n) is 5.97. The van der Waals surface area contributed by atoms with Gasteiger partial charge in [-0.1, -0.05) is 30.0 Å². The number of methoxy groups -OCH3 is 1. The summed E-state index contributed by atoms with van der Waals surface area (Å²) >= 11 is 1.48. The van der Waals surface area contributed by atoms with E-state index >= 15 is 0 Å². The van der Waals surface area contributed by atoms with Crippen molar-refractivity contribution in [2.45, 2.75) is 49.0 Å². The molecule has 0 atom stereocenters. The Labute approximate surface area is 158 Å². The molecule has 4 saturated carbocycles. The zero-order valence-electron chi connectivity index (χ0n) is 15.1. The molecule has 0 aliphatic heterocycles. The Morgan fingerprint density at radius 3 is 2.42 bits per heavy atom. The van der Waals surface area contributed by atoms with E-state index in [1.54, 1.807) is 0 Å². The molecule has 0 N–H and O–H groups in total. The van der Waals surface area contributed by atoms with E-state index in [1.165, 1.54) is 57.4 Å². The third kappa shape index (κ3) is 2.72. The molecule has 26 heavy (non-hydrogen) atoms. The first kappa shape index (κ1) is 16.5. The average Bonchev–Trinajstić information content (AvgIpc) is 2.64. The Morgan fingerprint density at radius 1 is 1.12 bits per heavy atom. The fourth-order valence-corrected chi connectivity index (χ4v) is 6.82. The second-order valence-electron chi connectivity index (χ2n) is 8.43. The number of fused-ring (bicyclic) bond motifs is 1. The highest BCUT2D eigenvalue weighted by atomic mass is 32.2. The molecule has 0 saturated heterocycles. The molecule has 4 nitrogen and oxygen atoms in total. The first-order chi connectivity index (χ1) is 12.6. The predicted molar refractivity (Wildman–Crippen MR) is 102 cm³/mol. The van der Waals surface area contributed by atoms with Crippen LogP contribution in [0.3, 0.4) is 0 Å². The molecule has 0 amide bonds. The van der Waals surface area contributed by atoms with Gasteiger partial charge in [-0.3, -0.25) is 4.79 Å². The molecule has 5 heteroatoms. The second-order valence-corrected chi connectivity index (χ2v) is 9.40. The van der Waals surface area contributed by atoms with Crippen molar-refractivity contribution in [2.24, 2.45) is 17.8 Å².